The summed E-state index contributed by atoms with van der Waals surface area (Å²) in [4.78, 5) is 21.8. The molecule has 0 radical (unpaired) electrons. The summed E-state index contributed by atoms with van der Waals surface area (Å²) in [5, 5.41) is 9.77. The smallest absolute Gasteiger partial charge is 0.274 e. The number of nitrogens with zero attached hydrogens (tertiary/aromatic N) is 3. The molecule has 5 nitrogen and oxygen atoms in total. The molecule has 2 atom stereocenters. The first-order valence-electron chi connectivity index (χ1n) is 5.95. The van der Waals surface area contributed by atoms with Gasteiger partial charge in [-0.1, -0.05) is 6.92 Å². The lowest BCUT2D eigenvalue weighted by atomic mass is 9.92. The zero-order valence-corrected chi connectivity index (χ0v) is 9.91. The topological polar surface area (TPSA) is 66.3 Å². The van der Waals surface area contributed by atoms with E-state index in [0.29, 0.717) is 25.2 Å². The second kappa shape index (κ2) is 5.23. The van der Waals surface area contributed by atoms with Crippen molar-refractivity contribution < 1.29 is 9.90 Å². The van der Waals surface area contributed by atoms with E-state index in [9.17, 15) is 9.90 Å². The Bertz CT molecular complexity index is 383. The molecule has 1 N–H and O–H groups in total. The third kappa shape index (κ3) is 2.61. The van der Waals surface area contributed by atoms with Gasteiger partial charge in [0, 0.05) is 31.4 Å². The lowest BCUT2D eigenvalue weighted by Crippen LogP contribution is -2.46. The Balaban J connectivity index is 2.06. The number of carbonyl (C=O) groups excluding carboxylic acids is 1. The average Bonchev–Trinajstić information content (AvgIpc) is 2.39. The Morgan fingerprint density at radius 3 is 3.06 bits per heavy atom. The Labute approximate surface area is 100 Å². The van der Waals surface area contributed by atoms with Gasteiger partial charge in [0.15, 0.2) is 0 Å². The number of piperidine rings is 1. The number of carbonyl (C=O) groups is 1. The molecular formula is C12H17N3O2. The van der Waals surface area contributed by atoms with Gasteiger partial charge >= 0.3 is 0 Å². The highest BCUT2D eigenvalue weighted by atomic mass is 16.3. The van der Waals surface area contributed by atoms with Crippen molar-refractivity contribution in [3.63, 3.8) is 0 Å². The van der Waals surface area contributed by atoms with Gasteiger partial charge in [0.05, 0.1) is 12.3 Å². The lowest BCUT2D eigenvalue weighted by molar-refractivity contribution is 0.0225. The Hall–Kier alpha value is -1.49. The monoisotopic (exact) mass is 235 g/mol. The van der Waals surface area contributed by atoms with E-state index >= 15 is 0 Å². The predicted molar refractivity (Wildman–Crippen MR) is 62.3 cm³/mol. The van der Waals surface area contributed by atoms with Gasteiger partial charge in [-0.15, -0.1) is 0 Å². The van der Waals surface area contributed by atoms with Crippen molar-refractivity contribution in [3.8, 4) is 0 Å². The van der Waals surface area contributed by atoms with Crippen LogP contribution in [0.2, 0.25) is 0 Å². The van der Waals surface area contributed by atoms with Crippen molar-refractivity contribution in [2.75, 3.05) is 13.1 Å². The minimum absolute atomic E-state index is 0.0940. The number of aromatic nitrogens is 2. The number of rotatable bonds is 2. The predicted octanol–water partition coefficient (Wildman–Crippen LogP) is 0.710. The van der Waals surface area contributed by atoms with Crippen LogP contribution < -0.4 is 0 Å². The van der Waals surface area contributed by atoms with Crippen LogP contribution in [0.5, 0.6) is 0 Å². The van der Waals surface area contributed by atoms with Crippen molar-refractivity contribution in [2.24, 2.45) is 5.92 Å². The molecule has 1 fully saturated rings. The molecule has 2 heterocycles. The van der Waals surface area contributed by atoms with Gasteiger partial charge in [-0.25, -0.2) is 4.98 Å². The first-order chi connectivity index (χ1) is 8.22. The van der Waals surface area contributed by atoms with E-state index < -0.39 is 0 Å². The SMILES string of the molecule is CCC1CN(C(=O)c2cnccn2)CCC1O. The molecular weight excluding hydrogens is 218 g/mol. The van der Waals surface area contributed by atoms with Crippen LogP contribution in [0, 0.1) is 5.92 Å². The highest BCUT2D eigenvalue weighted by Crippen LogP contribution is 2.21. The molecule has 17 heavy (non-hydrogen) atoms. The lowest BCUT2D eigenvalue weighted by Gasteiger charge is -2.35. The molecule has 1 aliphatic rings. The van der Waals surface area contributed by atoms with Crippen LogP contribution in [0.1, 0.15) is 30.3 Å². The number of hydrogen-bond donors (Lipinski definition) is 1. The summed E-state index contributed by atoms with van der Waals surface area (Å²) in [6, 6.07) is 0. The zero-order chi connectivity index (χ0) is 12.3. The van der Waals surface area contributed by atoms with E-state index in [2.05, 4.69) is 9.97 Å². The summed E-state index contributed by atoms with van der Waals surface area (Å²) in [6.45, 7) is 3.23. The minimum Gasteiger partial charge on any atom is -0.393 e. The van der Waals surface area contributed by atoms with Gasteiger partial charge in [-0.05, 0) is 12.8 Å². The fourth-order valence-electron chi connectivity index (χ4n) is 2.18. The van der Waals surface area contributed by atoms with E-state index in [4.69, 9.17) is 0 Å². The van der Waals surface area contributed by atoms with Gasteiger partial charge < -0.3 is 10.0 Å². The molecule has 0 aliphatic carbocycles. The van der Waals surface area contributed by atoms with Gasteiger partial charge in [0.25, 0.3) is 5.91 Å². The number of aliphatic hydroxyl groups is 1. The minimum atomic E-state index is -0.286. The zero-order valence-electron chi connectivity index (χ0n) is 9.91. The van der Waals surface area contributed by atoms with E-state index in [0.717, 1.165) is 6.42 Å². The first kappa shape index (κ1) is 12.0. The standard InChI is InChI=1S/C12H17N3O2/c1-2-9-8-15(6-3-11(9)16)12(17)10-7-13-4-5-14-10/h4-5,7,9,11,16H,2-3,6,8H2,1H3. The highest BCUT2D eigenvalue weighted by molar-refractivity contribution is 5.92. The number of aliphatic hydroxyl groups excluding tert-OH is 1. The molecule has 0 bridgehead atoms. The van der Waals surface area contributed by atoms with Crippen molar-refractivity contribution >= 4 is 5.91 Å². The van der Waals surface area contributed by atoms with E-state index in [-0.39, 0.29) is 17.9 Å². The second-order valence-electron chi connectivity index (χ2n) is 4.37. The maximum Gasteiger partial charge on any atom is 0.274 e. The fourth-order valence-corrected chi connectivity index (χ4v) is 2.18. The summed E-state index contributed by atoms with van der Waals surface area (Å²) in [5.41, 5.74) is 0.374. The molecule has 0 spiro atoms. The Morgan fingerprint density at radius 1 is 1.59 bits per heavy atom. The molecule has 1 aromatic heterocycles. The summed E-state index contributed by atoms with van der Waals surface area (Å²) >= 11 is 0. The van der Waals surface area contributed by atoms with Crippen molar-refractivity contribution in [1.29, 1.82) is 0 Å². The third-order valence-electron chi connectivity index (χ3n) is 3.29. The molecule has 1 aliphatic heterocycles. The molecule has 2 unspecified atom stereocenters. The summed E-state index contributed by atoms with van der Waals surface area (Å²) in [6.07, 6.45) is 5.78. The largest absolute Gasteiger partial charge is 0.393 e. The Morgan fingerprint density at radius 2 is 2.41 bits per heavy atom. The van der Waals surface area contributed by atoms with E-state index in [1.54, 1.807) is 11.1 Å². The van der Waals surface area contributed by atoms with Gasteiger partial charge in [0.1, 0.15) is 5.69 Å². The number of likely N-dealkylation sites (tertiary alicyclic amines) is 1. The molecule has 1 saturated heterocycles. The fraction of sp³-hybridized carbons (Fsp3) is 0.583. The van der Waals surface area contributed by atoms with Gasteiger partial charge in [-0.3, -0.25) is 9.78 Å². The summed E-state index contributed by atoms with van der Waals surface area (Å²) in [5.74, 6) is 0.0767. The van der Waals surface area contributed by atoms with Crippen LogP contribution >= 0.6 is 0 Å². The molecule has 0 aromatic carbocycles. The average molecular weight is 235 g/mol. The van der Waals surface area contributed by atoms with Gasteiger partial charge in [0.2, 0.25) is 0 Å². The van der Waals surface area contributed by atoms with Gasteiger partial charge in [-0.2, -0.15) is 0 Å². The van der Waals surface area contributed by atoms with Crippen molar-refractivity contribution in [3.05, 3.63) is 24.3 Å². The van der Waals surface area contributed by atoms with Crippen LogP contribution in [-0.4, -0.2) is 45.1 Å². The summed E-state index contributed by atoms with van der Waals surface area (Å²) < 4.78 is 0. The first-order valence-corrected chi connectivity index (χ1v) is 5.95. The molecule has 92 valence electrons. The molecule has 0 saturated carbocycles. The maximum absolute atomic E-state index is 12.1. The summed E-state index contributed by atoms with van der Waals surface area (Å²) in [7, 11) is 0. The van der Waals surface area contributed by atoms with Crippen molar-refractivity contribution in [1.82, 2.24) is 14.9 Å². The number of hydrogen-bond acceptors (Lipinski definition) is 4. The van der Waals surface area contributed by atoms with Crippen LogP contribution in [0.3, 0.4) is 0 Å². The third-order valence-corrected chi connectivity index (χ3v) is 3.29. The normalized spacial score (nSPS) is 24.7. The second-order valence-corrected chi connectivity index (χ2v) is 4.37. The Kier molecular flexibility index (Phi) is 3.68. The van der Waals surface area contributed by atoms with Crippen LogP contribution in [0.4, 0.5) is 0 Å². The molecule has 2 rings (SSSR count). The molecule has 1 aromatic rings. The maximum atomic E-state index is 12.1. The van der Waals surface area contributed by atoms with E-state index in [1.807, 2.05) is 6.92 Å². The van der Waals surface area contributed by atoms with E-state index in [1.165, 1.54) is 12.4 Å². The highest BCUT2D eigenvalue weighted by Gasteiger charge is 2.29. The van der Waals surface area contributed by atoms with Crippen LogP contribution in [0.25, 0.3) is 0 Å². The molecule has 1 amide bonds. The number of amides is 1. The molecule has 5 heteroatoms. The van der Waals surface area contributed by atoms with Crippen molar-refractivity contribution in [2.45, 2.75) is 25.9 Å². The van der Waals surface area contributed by atoms with Crippen LogP contribution in [-0.2, 0) is 0 Å². The quantitative estimate of drug-likeness (QED) is 0.819. The van der Waals surface area contributed by atoms with Crippen LogP contribution in [0.15, 0.2) is 18.6 Å².